The molecule has 0 spiro atoms. The highest BCUT2D eigenvalue weighted by atomic mass is 16.5. The maximum absolute atomic E-state index is 5.97. The molecule has 1 aliphatic rings. The van der Waals surface area contributed by atoms with Gasteiger partial charge in [0.1, 0.15) is 12.4 Å². The maximum Gasteiger partial charge on any atom is 0.223 e. The van der Waals surface area contributed by atoms with Crippen molar-refractivity contribution in [2.24, 2.45) is 5.73 Å². The third-order valence-corrected chi connectivity index (χ3v) is 3.04. The number of hydrogen-bond acceptors (Lipinski definition) is 5. The zero-order chi connectivity index (χ0) is 12.3. The molecular formula is C12H19N3O2. The van der Waals surface area contributed by atoms with E-state index in [0.717, 1.165) is 24.8 Å². The molecule has 0 radical (unpaired) electrons. The van der Waals surface area contributed by atoms with Gasteiger partial charge in [0.15, 0.2) is 0 Å². The monoisotopic (exact) mass is 237 g/mol. The molecule has 1 fully saturated rings. The molecule has 2 N–H and O–H groups in total. The van der Waals surface area contributed by atoms with E-state index in [2.05, 4.69) is 9.97 Å². The Bertz CT molecular complexity index is 384. The van der Waals surface area contributed by atoms with Crippen LogP contribution < -0.4 is 15.2 Å². The molecule has 94 valence electrons. The van der Waals surface area contributed by atoms with Crippen molar-refractivity contribution >= 4 is 0 Å². The summed E-state index contributed by atoms with van der Waals surface area (Å²) in [5.41, 5.74) is 6.82. The second-order valence-corrected chi connectivity index (χ2v) is 4.29. The first kappa shape index (κ1) is 12.1. The van der Waals surface area contributed by atoms with Gasteiger partial charge < -0.3 is 15.2 Å². The summed E-state index contributed by atoms with van der Waals surface area (Å²) in [5, 5.41) is 0. The predicted molar refractivity (Wildman–Crippen MR) is 64.2 cm³/mol. The molecular weight excluding hydrogens is 218 g/mol. The van der Waals surface area contributed by atoms with Gasteiger partial charge >= 0.3 is 0 Å². The summed E-state index contributed by atoms with van der Waals surface area (Å²) >= 11 is 0. The van der Waals surface area contributed by atoms with E-state index in [1.807, 2.05) is 13.8 Å². The number of nitrogens with two attached hydrogens (primary N) is 1. The maximum atomic E-state index is 5.97. The molecule has 0 amide bonds. The molecule has 1 aromatic heterocycles. The molecule has 1 aromatic rings. The summed E-state index contributed by atoms with van der Waals surface area (Å²) in [4.78, 5) is 8.23. The SMILES string of the molecule is CCOc1ncnc(OC2CCCC2N)c1C. The van der Waals surface area contributed by atoms with Crippen LogP contribution in [0.3, 0.4) is 0 Å². The Morgan fingerprint density at radius 1 is 1.35 bits per heavy atom. The lowest BCUT2D eigenvalue weighted by molar-refractivity contribution is 0.180. The molecule has 1 heterocycles. The lowest BCUT2D eigenvalue weighted by Gasteiger charge is -2.18. The second-order valence-electron chi connectivity index (χ2n) is 4.29. The first-order valence-electron chi connectivity index (χ1n) is 6.09. The van der Waals surface area contributed by atoms with Crippen molar-refractivity contribution in [3.63, 3.8) is 0 Å². The van der Waals surface area contributed by atoms with E-state index < -0.39 is 0 Å². The summed E-state index contributed by atoms with van der Waals surface area (Å²) < 4.78 is 11.3. The van der Waals surface area contributed by atoms with Crippen molar-refractivity contribution in [3.05, 3.63) is 11.9 Å². The van der Waals surface area contributed by atoms with Crippen molar-refractivity contribution in [2.75, 3.05) is 6.61 Å². The summed E-state index contributed by atoms with van der Waals surface area (Å²) in [5.74, 6) is 1.18. The summed E-state index contributed by atoms with van der Waals surface area (Å²) in [6.07, 6.45) is 4.67. The Morgan fingerprint density at radius 2 is 2.12 bits per heavy atom. The van der Waals surface area contributed by atoms with Gasteiger partial charge in [-0.05, 0) is 33.1 Å². The van der Waals surface area contributed by atoms with Crippen molar-refractivity contribution in [3.8, 4) is 11.8 Å². The molecule has 2 unspecified atom stereocenters. The van der Waals surface area contributed by atoms with E-state index in [9.17, 15) is 0 Å². The van der Waals surface area contributed by atoms with Gasteiger partial charge in [-0.2, -0.15) is 0 Å². The van der Waals surface area contributed by atoms with Crippen LogP contribution in [0.1, 0.15) is 31.7 Å². The van der Waals surface area contributed by atoms with E-state index in [1.54, 1.807) is 0 Å². The van der Waals surface area contributed by atoms with Crippen LogP contribution in [0.25, 0.3) is 0 Å². The van der Waals surface area contributed by atoms with Crippen LogP contribution in [0.2, 0.25) is 0 Å². The number of nitrogens with zero attached hydrogens (tertiary/aromatic N) is 2. The van der Waals surface area contributed by atoms with Crippen LogP contribution >= 0.6 is 0 Å². The van der Waals surface area contributed by atoms with Crippen molar-refractivity contribution in [1.82, 2.24) is 9.97 Å². The Morgan fingerprint density at radius 3 is 2.76 bits per heavy atom. The number of rotatable bonds is 4. The minimum atomic E-state index is 0.0677. The molecule has 0 saturated heterocycles. The highest BCUT2D eigenvalue weighted by Gasteiger charge is 2.26. The van der Waals surface area contributed by atoms with Gasteiger partial charge in [0.05, 0.1) is 12.2 Å². The Hall–Kier alpha value is -1.36. The molecule has 0 aromatic carbocycles. The number of ether oxygens (including phenoxy) is 2. The van der Waals surface area contributed by atoms with Gasteiger partial charge in [0.2, 0.25) is 11.8 Å². The van der Waals surface area contributed by atoms with Gasteiger partial charge in [0, 0.05) is 6.04 Å². The van der Waals surface area contributed by atoms with Gasteiger partial charge in [-0.3, -0.25) is 0 Å². The first-order valence-corrected chi connectivity index (χ1v) is 6.09. The smallest absolute Gasteiger partial charge is 0.223 e. The third kappa shape index (κ3) is 2.66. The first-order chi connectivity index (χ1) is 8.22. The molecule has 1 aliphatic carbocycles. The van der Waals surface area contributed by atoms with E-state index in [1.165, 1.54) is 6.33 Å². The van der Waals surface area contributed by atoms with Crippen LogP contribution in [-0.2, 0) is 0 Å². The summed E-state index contributed by atoms with van der Waals surface area (Å²) in [6, 6.07) is 0.111. The van der Waals surface area contributed by atoms with Gasteiger partial charge in [-0.1, -0.05) is 0 Å². The summed E-state index contributed by atoms with van der Waals surface area (Å²) in [7, 11) is 0. The Balaban J connectivity index is 2.12. The molecule has 1 saturated carbocycles. The van der Waals surface area contributed by atoms with Crippen LogP contribution in [-0.4, -0.2) is 28.7 Å². The molecule has 5 nitrogen and oxygen atoms in total. The lowest BCUT2D eigenvalue weighted by atomic mass is 10.2. The Kier molecular flexibility index (Phi) is 3.78. The average molecular weight is 237 g/mol. The van der Waals surface area contributed by atoms with Gasteiger partial charge in [-0.25, -0.2) is 9.97 Å². The molecule has 2 atom stereocenters. The predicted octanol–water partition coefficient (Wildman–Crippen LogP) is 1.44. The van der Waals surface area contributed by atoms with Crippen molar-refractivity contribution in [2.45, 2.75) is 45.3 Å². The van der Waals surface area contributed by atoms with Gasteiger partial charge in [-0.15, -0.1) is 0 Å². The largest absolute Gasteiger partial charge is 0.478 e. The number of hydrogen-bond donors (Lipinski definition) is 1. The van der Waals surface area contributed by atoms with Crippen LogP contribution in [0, 0.1) is 6.92 Å². The average Bonchev–Trinajstić information content (AvgIpc) is 2.70. The molecule has 2 rings (SSSR count). The zero-order valence-electron chi connectivity index (χ0n) is 10.3. The van der Waals surface area contributed by atoms with Gasteiger partial charge in [0.25, 0.3) is 0 Å². The molecule has 17 heavy (non-hydrogen) atoms. The van der Waals surface area contributed by atoms with Crippen LogP contribution in [0.5, 0.6) is 11.8 Å². The number of aromatic nitrogens is 2. The van der Waals surface area contributed by atoms with Crippen molar-refractivity contribution < 1.29 is 9.47 Å². The molecule has 5 heteroatoms. The third-order valence-electron chi connectivity index (χ3n) is 3.04. The van der Waals surface area contributed by atoms with E-state index in [4.69, 9.17) is 15.2 Å². The lowest BCUT2D eigenvalue weighted by Crippen LogP contribution is -2.34. The van der Waals surface area contributed by atoms with E-state index in [0.29, 0.717) is 18.4 Å². The standard InChI is InChI=1S/C12H19N3O2/c1-3-16-11-8(2)12(15-7-14-11)17-10-6-4-5-9(10)13/h7,9-10H,3-6,13H2,1-2H3. The minimum Gasteiger partial charge on any atom is -0.478 e. The quantitative estimate of drug-likeness (QED) is 0.858. The normalized spacial score (nSPS) is 23.7. The topological polar surface area (TPSA) is 70.3 Å². The zero-order valence-corrected chi connectivity index (χ0v) is 10.3. The second kappa shape index (κ2) is 5.31. The van der Waals surface area contributed by atoms with Crippen LogP contribution in [0.4, 0.5) is 0 Å². The highest BCUT2D eigenvalue weighted by molar-refractivity contribution is 5.32. The van der Waals surface area contributed by atoms with Crippen LogP contribution in [0.15, 0.2) is 6.33 Å². The Labute approximate surface area is 101 Å². The fourth-order valence-electron chi connectivity index (χ4n) is 2.06. The molecule has 0 bridgehead atoms. The van der Waals surface area contributed by atoms with E-state index >= 15 is 0 Å². The van der Waals surface area contributed by atoms with E-state index in [-0.39, 0.29) is 12.1 Å². The molecule has 0 aliphatic heterocycles. The fourth-order valence-corrected chi connectivity index (χ4v) is 2.06. The van der Waals surface area contributed by atoms with Crippen molar-refractivity contribution in [1.29, 1.82) is 0 Å². The minimum absolute atomic E-state index is 0.0677. The highest BCUT2D eigenvalue weighted by Crippen LogP contribution is 2.27. The summed E-state index contributed by atoms with van der Waals surface area (Å²) in [6.45, 7) is 4.41. The fraction of sp³-hybridized carbons (Fsp3) is 0.667.